The van der Waals surface area contributed by atoms with Crippen molar-refractivity contribution >= 4 is 10.8 Å². The highest BCUT2D eigenvalue weighted by Gasteiger charge is 2.24. The molecule has 3 heteroatoms. The highest BCUT2D eigenvalue weighted by Crippen LogP contribution is 2.28. The molecule has 4 unspecified atom stereocenters. The average molecular weight is 231 g/mol. The molecule has 0 bridgehead atoms. The van der Waals surface area contributed by atoms with Crippen LogP contribution in [0.2, 0.25) is 0 Å². The summed E-state index contributed by atoms with van der Waals surface area (Å²) in [6.45, 7) is 7.59. The molecule has 0 aromatic carbocycles. The standard InChI is InChI=1S/C12H25NOS/c1-4-15(14)8-7-13-12-6-5-10(2)9-11(12)3/h10-13H,4-9H2,1-3H3. The van der Waals surface area contributed by atoms with Crippen LogP contribution in [0.4, 0.5) is 0 Å². The van der Waals surface area contributed by atoms with Gasteiger partial charge >= 0.3 is 0 Å². The molecule has 2 nitrogen and oxygen atoms in total. The van der Waals surface area contributed by atoms with Crippen molar-refractivity contribution < 1.29 is 4.21 Å². The molecule has 0 heterocycles. The first-order valence-corrected chi connectivity index (χ1v) is 7.70. The van der Waals surface area contributed by atoms with E-state index in [4.69, 9.17) is 0 Å². The van der Waals surface area contributed by atoms with Gasteiger partial charge < -0.3 is 5.32 Å². The van der Waals surface area contributed by atoms with E-state index in [-0.39, 0.29) is 0 Å². The zero-order valence-corrected chi connectivity index (χ0v) is 11.1. The van der Waals surface area contributed by atoms with E-state index < -0.39 is 10.8 Å². The highest BCUT2D eigenvalue weighted by molar-refractivity contribution is 7.84. The lowest BCUT2D eigenvalue weighted by molar-refractivity contribution is 0.231. The summed E-state index contributed by atoms with van der Waals surface area (Å²) in [5.41, 5.74) is 0. The lowest BCUT2D eigenvalue weighted by Crippen LogP contribution is -2.40. The summed E-state index contributed by atoms with van der Waals surface area (Å²) in [5.74, 6) is 3.28. The minimum Gasteiger partial charge on any atom is -0.313 e. The molecule has 0 radical (unpaired) electrons. The summed E-state index contributed by atoms with van der Waals surface area (Å²) in [4.78, 5) is 0. The van der Waals surface area contributed by atoms with Gasteiger partial charge in [-0.25, -0.2) is 0 Å². The fourth-order valence-electron chi connectivity index (χ4n) is 2.47. The normalized spacial score (nSPS) is 33.9. The third-order valence-electron chi connectivity index (χ3n) is 3.49. The minimum absolute atomic E-state index is 0.612. The van der Waals surface area contributed by atoms with Gasteiger partial charge in [0.05, 0.1) is 0 Å². The zero-order valence-electron chi connectivity index (χ0n) is 10.3. The molecule has 0 saturated heterocycles. The van der Waals surface area contributed by atoms with Crippen molar-refractivity contribution in [2.75, 3.05) is 18.1 Å². The molecular weight excluding hydrogens is 206 g/mol. The number of nitrogens with one attached hydrogen (secondary N) is 1. The van der Waals surface area contributed by atoms with E-state index >= 15 is 0 Å². The van der Waals surface area contributed by atoms with Crippen LogP contribution in [-0.4, -0.2) is 28.3 Å². The Bertz CT molecular complexity index is 208. The Morgan fingerprint density at radius 2 is 2.07 bits per heavy atom. The molecule has 0 aliphatic heterocycles. The second kappa shape index (κ2) is 6.64. The van der Waals surface area contributed by atoms with E-state index in [1.54, 1.807) is 0 Å². The average Bonchev–Trinajstić information content (AvgIpc) is 2.21. The first kappa shape index (κ1) is 13.2. The van der Waals surface area contributed by atoms with E-state index in [9.17, 15) is 4.21 Å². The maximum atomic E-state index is 11.3. The monoisotopic (exact) mass is 231 g/mol. The van der Waals surface area contributed by atoms with Gasteiger partial charge in [0.1, 0.15) is 0 Å². The van der Waals surface area contributed by atoms with Crippen molar-refractivity contribution in [2.24, 2.45) is 11.8 Å². The lowest BCUT2D eigenvalue weighted by Gasteiger charge is -2.33. The number of hydrogen-bond donors (Lipinski definition) is 1. The second-order valence-electron chi connectivity index (χ2n) is 4.89. The second-order valence-corrected chi connectivity index (χ2v) is 6.75. The summed E-state index contributed by atoms with van der Waals surface area (Å²) >= 11 is 0. The molecule has 1 fully saturated rings. The molecule has 15 heavy (non-hydrogen) atoms. The van der Waals surface area contributed by atoms with Gasteiger partial charge in [-0.05, 0) is 31.1 Å². The van der Waals surface area contributed by atoms with Crippen LogP contribution in [0, 0.1) is 11.8 Å². The maximum Gasteiger partial charge on any atom is 0.0360 e. The third kappa shape index (κ3) is 4.64. The van der Waals surface area contributed by atoms with Gasteiger partial charge in [-0.15, -0.1) is 0 Å². The molecule has 1 aliphatic rings. The van der Waals surface area contributed by atoms with Crippen LogP contribution in [0.15, 0.2) is 0 Å². The van der Waals surface area contributed by atoms with E-state index in [1.807, 2.05) is 6.92 Å². The lowest BCUT2D eigenvalue weighted by atomic mass is 9.80. The number of hydrogen-bond acceptors (Lipinski definition) is 2. The van der Waals surface area contributed by atoms with E-state index in [0.29, 0.717) is 6.04 Å². The van der Waals surface area contributed by atoms with Crippen LogP contribution in [0.25, 0.3) is 0 Å². The Balaban J connectivity index is 2.18. The predicted octanol–water partition coefficient (Wildman–Crippen LogP) is 2.17. The SMILES string of the molecule is CCS(=O)CCNC1CCC(C)CC1C. The fraction of sp³-hybridized carbons (Fsp3) is 1.00. The molecule has 1 aliphatic carbocycles. The molecule has 0 aromatic heterocycles. The largest absolute Gasteiger partial charge is 0.313 e. The maximum absolute atomic E-state index is 11.3. The van der Waals surface area contributed by atoms with Crippen molar-refractivity contribution in [3.05, 3.63) is 0 Å². The fourth-order valence-corrected chi connectivity index (χ4v) is 3.11. The summed E-state index contributed by atoms with van der Waals surface area (Å²) in [6.07, 6.45) is 3.98. The van der Waals surface area contributed by atoms with Gasteiger partial charge in [-0.1, -0.05) is 20.8 Å². The van der Waals surface area contributed by atoms with Crippen molar-refractivity contribution in [3.8, 4) is 0 Å². The topological polar surface area (TPSA) is 29.1 Å². The van der Waals surface area contributed by atoms with Gasteiger partial charge in [0, 0.05) is 34.9 Å². The van der Waals surface area contributed by atoms with Crippen molar-refractivity contribution in [1.29, 1.82) is 0 Å². The Morgan fingerprint density at radius 1 is 1.33 bits per heavy atom. The van der Waals surface area contributed by atoms with E-state index in [0.717, 1.165) is 29.9 Å². The molecule has 1 rings (SSSR count). The minimum atomic E-state index is -0.612. The molecule has 0 aromatic rings. The predicted molar refractivity (Wildman–Crippen MR) is 67.5 cm³/mol. The van der Waals surface area contributed by atoms with Crippen LogP contribution < -0.4 is 5.32 Å². The van der Waals surface area contributed by atoms with Crippen LogP contribution in [-0.2, 0) is 10.8 Å². The molecular formula is C12H25NOS. The summed E-state index contributed by atoms with van der Waals surface area (Å²) in [6, 6.07) is 0.662. The smallest absolute Gasteiger partial charge is 0.0360 e. The molecule has 0 spiro atoms. The Hall–Kier alpha value is 0.110. The first-order valence-electron chi connectivity index (χ1n) is 6.21. The summed E-state index contributed by atoms with van der Waals surface area (Å²) in [7, 11) is -0.612. The van der Waals surface area contributed by atoms with Crippen molar-refractivity contribution in [1.82, 2.24) is 5.32 Å². The third-order valence-corrected chi connectivity index (χ3v) is 4.79. The van der Waals surface area contributed by atoms with Crippen LogP contribution in [0.3, 0.4) is 0 Å². The summed E-state index contributed by atoms with van der Waals surface area (Å²) in [5, 5.41) is 3.56. The Labute approximate surface area is 96.7 Å². The molecule has 90 valence electrons. The van der Waals surface area contributed by atoms with Gasteiger partial charge in [-0.3, -0.25) is 4.21 Å². The van der Waals surface area contributed by atoms with Crippen LogP contribution in [0.5, 0.6) is 0 Å². The highest BCUT2D eigenvalue weighted by atomic mass is 32.2. The molecule has 1 N–H and O–H groups in total. The first-order chi connectivity index (χ1) is 7.13. The molecule has 0 amide bonds. The Morgan fingerprint density at radius 3 is 2.67 bits per heavy atom. The van der Waals surface area contributed by atoms with Gasteiger partial charge in [-0.2, -0.15) is 0 Å². The summed E-state index contributed by atoms with van der Waals surface area (Å²) < 4.78 is 11.3. The molecule has 4 atom stereocenters. The molecule has 1 saturated carbocycles. The van der Waals surface area contributed by atoms with Gasteiger partial charge in [0.25, 0.3) is 0 Å². The van der Waals surface area contributed by atoms with E-state index in [2.05, 4.69) is 19.2 Å². The quantitative estimate of drug-likeness (QED) is 0.785. The zero-order chi connectivity index (χ0) is 11.3. The van der Waals surface area contributed by atoms with Crippen LogP contribution >= 0.6 is 0 Å². The van der Waals surface area contributed by atoms with Crippen LogP contribution in [0.1, 0.15) is 40.0 Å². The van der Waals surface area contributed by atoms with E-state index in [1.165, 1.54) is 19.3 Å². The number of rotatable bonds is 5. The Kier molecular flexibility index (Phi) is 5.83. The van der Waals surface area contributed by atoms with Crippen molar-refractivity contribution in [2.45, 2.75) is 46.1 Å². The van der Waals surface area contributed by atoms with Gasteiger partial charge in [0.15, 0.2) is 0 Å². The van der Waals surface area contributed by atoms with Gasteiger partial charge in [0.2, 0.25) is 0 Å². The van der Waals surface area contributed by atoms with Crippen molar-refractivity contribution in [3.63, 3.8) is 0 Å².